The van der Waals surface area contributed by atoms with Crippen LogP contribution in [0.15, 0.2) is 158 Å². The quantitative estimate of drug-likeness (QED) is 0.110. The highest BCUT2D eigenvalue weighted by atomic mass is 16.5. The standard InChI is InChI=1S/C48H36N4O2/c53-42(54-33-17-5-2-6-18-33)28-30-48(37-22-10-8-20-35(37)44-46(48)52-41-26-14-12-24-39(41)50-44)31-47(29-27-32-15-3-1-4-16-32)36-21-9-7-19-34(36)43-45(47)51-40-25-13-11-23-38(40)49-43/h1-26H,27-31H2/t47-,48+/m1/s1. The van der Waals surface area contributed by atoms with E-state index < -0.39 is 10.8 Å². The minimum Gasteiger partial charge on any atom is -0.427 e. The van der Waals surface area contributed by atoms with Crippen LogP contribution in [0.1, 0.15) is 53.8 Å². The Labute approximate surface area is 313 Å². The zero-order chi connectivity index (χ0) is 36.1. The molecule has 2 aromatic heterocycles. The van der Waals surface area contributed by atoms with E-state index in [0.29, 0.717) is 18.6 Å². The van der Waals surface area contributed by atoms with Gasteiger partial charge in [0.15, 0.2) is 0 Å². The first kappa shape index (κ1) is 32.1. The van der Waals surface area contributed by atoms with Gasteiger partial charge in [-0.3, -0.25) is 4.79 Å². The molecule has 8 aromatic rings. The van der Waals surface area contributed by atoms with Crippen LogP contribution in [-0.2, 0) is 22.0 Å². The van der Waals surface area contributed by atoms with Crippen LogP contribution in [0.2, 0.25) is 0 Å². The van der Waals surface area contributed by atoms with Crippen LogP contribution in [0, 0.1) is 0 Å². The van der Waals surface area contributed by atoms with Crippen molar-refractivity contribution >= 4 is 28.0 Å². The number of nitrogens with zero attached hydrogens (tertiary/aromatic N) is 4. The van der Waals surface area contributed by atoms with E-state index >= 15 is 0 Å². The summed E-state index contributed by atoms with van der Waals surface area (Å²) in [7, 11) is 0. The van der Waals surface area contributed by atoms with Gasteiger partial charge in [-0.05, 0) is 78.8 Å². The van der Waals surface area contributed by atoms with Crippen molar-refractivity contribution in [3.05, 3.63) is 186 Å². The summed E-state index contributed by atoms with van der Waals surface area (Å²) in [6.07, 6.45) is 2.88. The van der Waals surface area contributed by atoms with Gasteiger partial charge in [0.1, 0.15) is 5.75 Å². The fourth-order valence-electron chi connectivity index (χ4n) is 9.06. The van der Waals surface area contributed by atoms with E-state index in [4.69, 9.17) is 24.7 Å². The molecule has 0 N–H and O–H groups in total. The molecule has 0 unspecified atom stereocenters. The van der Waals surface area contributed by atoms with Gasteiger partial charge in [-0.1, -0.05) is 121 Å². The highest BCUT2D eigenvalue weighted by molar-refractivity contribution is 5.87. The fraction of sp³-hybridized carbons (Fsp3) is 0.146. The number of aromatic nitrogens is 4. The second kappa shape index (κ2) is 12.8. The van der Waals surface area contributed by atoms with Crippen molar-refractivity contribution in [3.8, 4) is 28.3 Å². The molecule has 2 aliphatic carbocycles. The lowest BCUT2D eigenvalue weighted by Crippen LogP contribution is -2.40. The van der Waals surface area contributed by atoms with Gasteiger partial charge in [0.25, 0.3) is 0 Å². The summed E-state index contributed by atoms with van der Waals surface area (Å²) in [5.41, 5.74) is 11.5. The number of fused-ring (bicyclic) bond motifs is 8. The first-order valence-electron chi connectivity index (χ1n) is 18.7. The third-order valence-electron chi connectivity index (χ3n) is 11.5. The van der Waals surface area contributed by atoms with Gasteiger partial charge in [-0.25, -0.2) is 19.9 Å². The Bertz CT molecular complexity index is 2720. The van der Waals surface area contributed by atoms with Crippen LogP contribution in [0.5, 0.6) is 5.75 Å². The molecular formula is C48H36N4O2. The van der Waals surface area contributed by atoms with E-state index in [1.807, 2.05) is 72.8 Å². The molecule has 6 heteroatoms. The van der Waals surface area contributed by atoms with Crippen molar-refractivity contribution in [1.29, 1.82) is 0 Å². The third-order valence-corrected chi connectivity index (χ3v) is 11.5. The predicted octanol–water partition coefficient (Wildman–Crippen LogP) is 10.2. The van der Waals surface area contributed by atoms with Crippen LogP contribution >= 0.6 is 0 Å². The Morgan fingerprint density at radius 3 is 1.48 bits per heavy atom. The minimum atomic E-state index is -0.725. The van der Waals surface area contributed by atoms with E-state index in [2.05, 4.69) is 84.9 Å². The summed E-state index contributed by atoms with van der Waals surface area (Å²) in [5.74, 6) is 0.256. The summed E-state index contributed by atoms with van der Waals surface area (Å²) < 4.78 is 5.93. The van der Waals surface area contributed by atoms with E-state index in [-0.39, 0.29) is 12.4 Å². The number of hydrogen-bond donors (Lipinski definition) is 0. The topological polar surface area (TPSA) is 77.9 Å². The average molecular weight is 701 g/mol. The zero-order valence-corrected chi connectivity index (χ0v) is 29.7. The number of carbonyl (C=O) groups is 1. The summed E-state index contributed by atoms with van der Waals surface area (Å²) in [4.78, 5) is 35.5. The average Bonchev–Trinajstić information content (AvgIpc) is 3.64. The van der Waals surface area contributed by atoms with Crippen molar-refractivity contribution in [2.75, 3.05) is 0 Å². The maximum atomic E-state index is 13.8. The fourth-order valence-corrected chi connectivity index (χ4v) is 9.06. The van der Waals surface area contributed by atoms with Crippen LogP contribution in [0.25, 0.3) is 44.6 Å². The van der Waals surface area contributed by atoms with Crippen LogP contribution in [-0.4, -0.2) is 25.9 Å². The number of para-hydroxylation sites is 5. The zero-order valence-electron chi connectivity index (χ0n) is 29.7. The highest BCUT2D eigenvalue weighted by Gasteiger charge is 2.55. The third kappa shape index (κ3) is 5.20. The number of ether oxygens (including phenoxy) is 1. The molecule has 54 heavy (non-hydrogen) atoms. The molecule has 2 atom stereocenters. The van der Waals surface area contributed by atoms with Crippen LogP contribution in [0.4, 0.5) is 0 Å². The number of esters is 1. The lowest BCUT2D eigenvalue weighted by molar-refractivity contribution is -0.134. The molecule has 0 amide bonds. The van der Waals surface area contributed by atoms with Crippen molar-refractivity contribution in [2.45, 2.75) is 42.9 Å². The van der Waals surface area contributed by atoms with E-state index in [1.54, 1.807) is 0 Å². The number of aryl methyl sites for hydroxylation is 1. The minimum absolute atomic E-state index is 0.184. The normalized spacial score (nSPS) is 17.9. The lowest BCUT2D eigenvalue weighted by atomic mass is 9.61. The molecule has 2 heterocycles. The van der Waals surface area contributed by atoms with Gasteiger partial charge in [0, 0.05) is 28.4 Å². The molecule has 6 nitrogen and oxygen atoms in total. The smallest absolute Gasteiger partial charge is 0.311 e. The molecule has 0 saturated carbocycles. The summed E-state index contributed by atoms with van der Waals surface area (Å²) in [6.45, 7) is 0. The largest absolute Gasteiger partial charge is 0.427 e. The summed E-state index contributed by atoms with van der Waals surface area (Å²) >= 11 is 0. The van der Waals surface area contributed by atoms with E-state index in [9.17, 15) is 4.79 Å². The van der Waals surface area contributed by atoms with Crippen molar-refractivity contribution in [1.82, 2.24) is 19.9 Å². The molecule has 260 valence electrons. The van der Waals surface area contributed by atoms with Gasteiger partial charge in [-0.2, -0.15) is 0 Å². The predicted molar refractivity (Wildman–Crippen MR) is 212 cm³/mol. The molecular weight excluding hydrogens is 665 g/mol. The number of hydrogen-bond acceptors (Lipinski definition) is 6. The molecule has 0 radical (unpaired) electrons. The maximum absolute atomic E-state index is 13.8. The molecule has 10 rings (SSSR count). The van der Waals surface area contributed by atoms with Gasteiger partial charge in [0.05, 0.1) is 44.8 Å². The van der Waals surface area contributed by atoms with Gasteiger partial charge in [0.2, 0.25) is 0 Å². The maximum Gasteiger partial charge on any atom is 0.311 e. The second-order valence-corrected chi connectivity index (χ2v) is 14.5. The Balaban J connectivity index is 1.22. The number of rotatable bonds is 9. The van der Waals surface area contributed by atoms with Crippen molar-refractivity contribution in [2.24, 2.45) is 0 Å². The Kier molecular flexibility index (Phi) is 7.65. The van der Waals surface area contributed by atoms with Gasteiger partial charge < -0.3 is 4.74 Å². The summed E-state index contributed by atoms with van der Waals surface area (Å²) in [6, 6.07) is 53.4. The Morgan fingerprint density at radius 2 is 0.926 bits per heavy atom. The summed E-state index contributed by atoms with van der Waals surface area (Å²) in [5, 5.41) is 0. The highest BCUT2D eigenvalue weighted by Crippen LogP contribution is 2.61. The van der Waals surface area contributed by atoms with Crippen LogP contribution < -0.4 is 4.74 Å². The van der Waals surface area contributed by atoms with Crippen molar-refractivity contribution < 1.29 is 9.53 Å². The molecule has 0 saturated heterocycles. The van der Waals surface area contributed by atoms with Crippen molar-refractivity contribution in [3.63, 3.8) is 0 Å². The Hall–Kier alpha value is -6.53. The monoisotopic (exact) mass is 700 g/mol. The Morgan fingerprint density at radius 1 is 0.481 bits per heavy atom. The van der Waals surface area contributed by atoms with E-state index in [0.717, 1.165) is 74.4 Å². The number of benzene rings is 6. The number of carbonyl (C=O) groups excluding carboxylic acids is 1. The molecule has 0 fully saturated rings. The first-order chi connectivity index (χ1) is 26.6. The second-order valence-electron chi connectivity index (χ2n) is 14.5. The molecule has 0 aliphatic heterocycles. The molecule has 0 spiro atoms. The molecule has 0 bridgehead atoms. The van der Waals surface area contributed by atoms with Crippen LogP contribution in [0.3, 0.4) is 0 Å². The van der Waals surface area contributed by atoms with E-state index in [1.165, 1.54) is 11.1 Å². The lowest BCUT2D eigenvalue weighted by Gasteiger charge is -2.41. The SMILES string of the molecule is O=C(CC[C@]1(C[C@]2(CCc3ccccc3)c3ccccc3-c3nc4ccccc4nc32)c2ccccc2-c2nc3ccccc3nc21)Oc1ccccc1. The van der Waals surface area contributed by atoms with Gasteiger partial charge in [-0.15, -0.1) is 0 Å². The van der Waals surface area contributed by atoms with Gasteiger partial charge >= 0.3 is 5.97 Å². The molecule has 2 aliphatic rings. The molecule has 6 aromatic carbocycles. The first-order valence-corrected chi connectivity index (χ1v) is 18.7.